The first-order valence-corrected chi connectivity index (χ1v) is 34.7. The molecule has 0 saturated heterocycles. The molecule has 76 heavy (non-hydrogen) atoms. The minimum Gasteiger partial charge on any atom is -0.462 e. The molecule has 0 aromatic heterocycles. The van der Waals surface area contributed by atoms with Crippen LogP contribution in [0.2, 0.25) is 0 Å². The Kier molecular flexibility index (Phi) is 64.1. The molecular formula is C70H134O6. The monoisotopic (exact) mass is 1070 g/mol. The van der Waals surface area contributed by atoms with Crippen molar-refractivity contribution in [2.45, 2.75) is 406 Å². The van der Waals surface area contributed by atoms with E-state index in [1.165, 1.54) is 302 Å². The summed E-state index contributed by atoms with van der Waals surface area (Å²) in [4.78, 5) is 38.1. The molecule has 0 aromatic carbocycles. The molecule has 6 heteroatoms. The Morgan fingerprint density at radius 2 is 0.434 bits per heavy atom. The number of hydrogen-bond donors (Lipinski definition) is 0. The molecule has 0 rings (SSSR count). The highest BCUT2D eigenvalue weighted by atomic mass is 16.6. The summed E-state index contributed by atoms with van der Waals surface area (Å²) in [6.45, 7) is 6.68. The van der Waals surface area contributed by atoms with Gasteiger partial charge in [0, 0.05) is 19.3 Å². The molecule has 0 radical (unpaired) electrons. The van der Waals surface area contributed by atoms with Gasteiger partial charge >= 0.3 is 17.9 Å². The van der Waals surface area contributed by atoms with E-state index in [2.05, 4.69) is 32.9 Å². The normalized spacial score (nSPS) is 12.0. The van der Waals surface area contributed by atoms with E-state index in [0.29, 0.717) is 19.3 Å². The van der Waals surface area contributed by atoms with E-state index in [1.54, 1.807) is 0 Å². The Balaban J connectivity index is 3.91. The van der Waals surface area contributed by atoms with Crippen LogP contribution in [0.1, 0.15) is 400 Å². The van der Waals surface area contributed by atoms with Crippen molar-refractivity contribution >= 4 is 17.9 Å². The van der Waals surface area contributed by atoms with Crippen LogP contribution in [0.25, 0.3) is 0 Å². The van der Waals surface area contributed by atoms with Gasteiger partial charge in [-0.15, -0.1) is 0 Å². The highest BCUT2D eigenvalue weighted by molar-refractivity contribution is 5.71. The highest BCUT2D eigenvalue weighted by Gasteiger charge is 2.19. The minimum absolute atomic E-state index is 0.0625. The van der Waals surface area contributed by atoms with Gasteiger partial charge in [-0.05, 0) is 44.9 Å². The van der Waals surface area contributed by atoms with Crippen molar-refractivity contribution in [2.24, 2.45) is 0 Å². The molecule has 0 saturated carbocycles. The second-order valence-electron chi connectivity index (χ2n) is 23.8. The van der Waals surface area contributed by atoms with E-state index >= 15 is 0 Å². The molecule has 0 bridgehead atoms. The summed E-state index contributed by atoms with van der Waals surface area (Å²) in [6, 6.07) is 0. The first kappa shape index (κ1) is 74.2. The average Bonchev–Trinajstić information content (AvgIpc) is 3.42. The van der Waals surface area contributed by atoms with Gasteiger partial charge in [-0.1, -0.05) is 348 Å². The van der Waals surface area contributed by atoms with Crippen molar-refractivity contribution in [3.63, 3.8) is 0 Å². The third-order valence-electron chi connectivity index (χ3n) is 16.0. The topological polar surface area (TPSA) is 78.9 Å². The van der Waals surface area contributed by atoms with Crippen molar-refractivity contribution in [3.8, 4) is 0 Å². The number of hydrogen-bond acceptors (Lipinski definition) is 6. The summed E-state index contributed by atoms with van der Waals surface area (Å²) in [7, 11) is 0. The van der Waals surface area contributed by atoms with Crippen molar-refractivity contribution in [1.82, 2.24) is 0 Å². The Morgan fingerprint density at radius 3 is 0.658 bits per heavy atom. The lowest BCUT2D eigenvalue weighted by Crippen LogP contribution is -2.30. The van der Waals surface area contributed by atoms with Gasteiger partial charge in [0.15, 0.2) is 6.10 Å². The first-order chi connectivity index (χ1) is 37.5. The van der Waals surface area contributed by atoms with Crippen LogP contribution < -0.4 is 0 Å². The maximum atomic E-state index is 12.8. The predicted molar refractivity (Wildman–Crippen MR) is 330 cm³/mol. The van der Waals surface area contributed by atoms with Gasteiger partial charge in [0.2, 0.25) is 0 Å². The lowest BCUT2D eigenvalue weighted by atomic mass is 10.0. The Morgan fingerprint density at radius 1 is 0.250 bits per heavy atom. The Labute approximate surface area is 475 Å². The molecule has 1 unspecified atom stereocenters. The van der Waals surface area contributed by atoms with Crippen LogP contribution in [0, 0.1) is 0 Å². The predicted octanol–water partition coefficient (Wildman–Crippen LogP) is 23.6. The molecule has 0 spiro atoms. The Hall–Kier alpha value is -1.85. The number of carbonyl (C=O) groups is 3. The van der Waals surface area contributed by atoms with Gasteiger partial charge in [-0.2, -0.15) is 0 Å². The van der Waals surface area contributed by atoms with Gasteiger partial charge in [-0.3, -0.25) is 14.4 Å². The molecule has 0 heterocycles. The van der Waals surface area contributed by atoms with Gasteiger partial charge in [0.25, 0.3) is 0 Å². The molecule has 0 aliphatic rings. The van der Waals surface area contributed by atoms with E-state index in [4.69, 9.17) is 14.2 Å². The third-order valence-corrected chi connectivity index (χ3v) is 16.0. The largest absolute Gasteiger partial charge is 0.462 e. The second kappa shape index (κ2) is 65.7. The summed E-state index contributed by atoms with van der Waals surface area (Å²) in [5.74, 6) is -0.838. The van der Waals surface area contributed by atoms with Crippen molar-refractivity contribution < 1.29 is 28.6 Å². The maximum Gasteiger partial charge on any atom is 0.306 e. The van der Waals surface area contributed by atoms with E-state index in [0.717, 1.165) is 57.8 Å². The molecule has 6 nitrogen and oxygen atoms in total. The smallest absolute Gasteiger partial charge is 0.306 e. The first-order valence-electron chi connectivity index (χ1n) is 34.7. The molecule has 0 aliphatic carbocycles. The molecule has 0 aliphatic heterocycles. The summed E-state index contributed by atoms with van der Waals surface area (Å²) >= 11 is 0. The van der Waals surface area contributed by atoms with Gasteiger partial charge < -0.3 is 14.2 Å². The lowest BCUT2D eigenvalue weighted by molar-refractivity contribution is -0.167. The zero-order chi connectivity index (χ0) is 55.0. The van der Waals surface area contributed by atoms with Crippen molar-refractivity contribution in [3.05, 3.63) is 12.2 Å². The molecule has 1 atom stereocenters. The van der Waals surface area contributed by atoms with Crippen LogP contribution in [0.5, 0.6) is 0 Å². The second-order valence-corrected chi connectivity index (χ2v) is 23.8. The van der Waals surface area contributed by atoms with E-state index < -0.39 is 6.10 Å². The summed E-state index contributed by atoms with van der Waals surface area (Å²) in [5.41, 5.74) is 0. The third kappa shape index (κ3) is 63.0. The number of allylic oxidation sites excluding steroid dienone is 2. The standard InChI is InChI=1S/C70H134O6/c1-4-7-10-13-16-19-21-23-25-26-27-28-29-30-31-32-33-34-35-36-37-38-39-40-41-42-43-44-46-47-49-51-54-57-60-63-69(72)75-66-67(65-74-68(71)62-59-56-53-18-15-12-9-6-3)76-70(73)64-61-58-55-52-50-48-45-24-22-20-17-14-11-8-5-2/h26-27,67H,4-25,28-66H2,1-3H3/b27-26-. The molecule has 0 N–H and O–H groups in total. The van der Waals surface area contributed by atoms with Crippen molar-refractivity contribution in [1.29, 1.82) is 0 Å². The van der Waals surface area contributed by atoms with Crippen LogP contribution >= 0.6 is 0 Å². The van der Waals surface area contributed by atoms with Crippen LogP contribution in [0.15, 0.2) is 12.2 Å². The quantitative estimate of drug-likeness (QED) is 0.0261. The van der Waals surface area contributed by atoms with E-state index in [-0.39, 0.29) is 31.1 Å². The van der Waals surface area contributed by atoms with Gasteiger partial charge in [0.1, 0.15) is 13.2 Å². The zero-order valence-electron chi connectivity index (χ0n) is 51.8. The minimum atomic E-state index is -0.762. The summed E-state index contributed by atoms with van der Waals surface area (Å²) < 4.78 is 16.9. The highest BCUT2D eigenvalue weighted by Crippen LogP contribution is 2.19. The zero-order valence-corrected chi connectivity index (χ0v) is 51.8. The van der Waals surface area contributed by atoms with Gasteiger partial charge in [-0.25, -0.2) is 0 Å². The number of rotatable bonds is 65. The number of esters is 3. The Bertz CT molecular complexity index is 1180. The molecule has 0 amide bonds. The molecule has 0 aromatic rings. The summed E-state index contributed by atoms with van der Waals surface area (Å²) in [6.07, 6.45) is 78.5. The molecule has 0 fully saturated rings. The SMILES string of the molecule is CCCCCCCCCC/C=C\CCCCCCCCCCCCCCCCCCCCCCCCCC(=O)OCC(COC(=O)CCCCCCCCCC)OC(=O)CCCCCCCCCCCCCCCCC. The molecule has 450 valence electrons. The average molecular weight is 1070 g/mol. The fraction of sp³-hybridized carbons (Fsp3) is 0.929. The van der Waals surface area contributed by atoms with Crippen LogP contribution in [-0.4, -0.2) is 37.2 Å². The van der Waals surface area contributed by atoms with Crippen LogP contribution in [0.4, 0.5) is 0 Å². The van der Waals surface area contributed by atoms with Crippen LogP contribution in [0.3, 0.4) is 0 Å². The molecular weight excluding hydrogens is 937 g/mol. The van der Waals surface area contributed by atoms with Crippen molar-refractivity contribution in [2.75, 3.05) is 13.2 Å². The van der Waals surface area contributed by atoms with E-state index in [9.17, 15) is 14.4 Å². The van der Waals surface area contributed by atoms with Crippen LogP contribution in [-0.2, 0) is 28.6 Å². The summed E-state index contributed by atoms with van der Waals surface area (Å²) in [5, 5.41) is 0. The number of carbonyl (C=O) groups excluding carboxylic acids is 3. The number of ether oxygens (including phenoxy) is 3. The number of unbranched alkanes of at least 4 members (excludes halogenated alkanes) is 52. The fourth-order valence-electron chi connectivity index (χ4n) is 10.8. The fourth-order valence-corrected chi connectivity index (χ4v) is 10.8. The maximum absolute atomic E-state index is 12.8. The van der Waals surface area contributed by atoms with E-state index in [1.807, 2.05) is 0 Å². The lowest BCUT2D eigenvalue weighted by Gasteiger charge is -2.18. The van der Waals surface area contributed by atoms with Gasteiger partial charge in [0.05, 0.1) is 0 Å².